The smallest absolute Gasteiger partial charge is 0.407 e. The number of amides is 1. The molecular formula is C24H18F3NO4. The Labute approximate surface area is 181 Å². The maximum Gasteiger partial charge on any atom is 0.407 e. The summed E-state index contributed by atoms with van der Waals surface area (Å²) in [6.45, 7) is -0.0501. The van der Waals surface area contributed by atoms with Crippen molar-refractivity contribution in [3.63, 3.8) is 0 Å². The lowest BCUT2D eigenvalue weighted by molar-refractivity contribution is -0.139. The summed E-state index contributed by atoms with van der Waals surface area (Å²) >= 11 is 0. The van der Waals surface area contributed by atoms with E-state index in [-0.39, 0.29) is 12.5 Å². The number of aliphatic carboxylic acids is 1. The summed E-state index contributed by atoms with van der Waals surface area (Å²) in [4.78, 5) is 23.8. The number of ether oxygens (including phenoxy) is 1. The molecule has 5 nitrogen and oxygen atoms in total. The van der Waals surface area contributed by atoms with Gasteiger partial charge >= 0.3 is 12.1 Å². The van der Waals surface area contributed by atoms with E-state index in [1.807, 2.05) is 48.5 Å². The third-order valence-corrected chi connectivity index (χ3v) is 5.45. The molecule has 1 aliphatic rings. The van der Waals surface area contributed by atoms with Gasteiger partial charge in [0, 0.05) is 30.0 Å². The van der Waals surface area contributed by atoms with Gasteiger partial charge in [0.15, 0.2) is 0 Å². The Kier molecular flexibility index (Phi) is 5.85. The fourth-order valence-electron chi connectivity index (χ4n) is 3.95. The molecule has 1 amide bonds. The van der Waals surface area contributed by atoms with Crippen LogP contribution in [0.5, 0.6) is 0 Å². The summed E-state index contributed by atoms with van der Waals surface area (Å²) in [5, 5.41) is 11.5. The Bertz CT molecular complexity index is 1130. The quantitative estimate of drug-likeness (QED) is 0.585. The first-order chi connectivity index (χ1) is 15.3. The van der Waals surface area contributed by atoms with Gasteiger partial charge in [-0.15, -0.1) is 0 Å². The zero-order valence-electron chi connectivity index (χ0n) is 16.6. The standard InChI is InChI=1S/C24H18F3NO4/c25-13-9-20(26)18(21(27)10-13)11-22(23(29)30)28-24(31)32-12-19-16-7-3-1-5-14(16)15-6-2-4-8-17(15)19/h1-10,19,22H,11-12H2,(H,28,31)(H,29,30). The Morgan fingerprint density at radius 2 is 1.47 bits per heavy atom. The maximum atomic E-state index is 13.9. The van der Waals surface area contributed by atoms with Crippen molar-refractivity contribution in [2.75, 3.05) is 6.61 Å². The average molecular weight is 441 g/mol. The average Bonchev–Trinajstić information content (AvgIpc) is 3.07. The fraction of sp³-hybridized carbons (Fsp3) is 0.167. The van der Waals surface area contributed by atoms with Crippen molar-refractivity contribution in [2.45, 2.75) is 18.4 Å². The Morgan fingerprint density at radius 1 is 0.938 bits per heavy atom. The van der Waals surface area contributed by atoms with E-state index in [1.165, 1.54) is 0 Å². The van der Waals surface area contributed by atoms with Gasteiger partial charge in [-0.2, -0.15) is 0 Å². The molecule has 2 N–H and O–H groups in total. The number of nitrogens with one attached hydrogen (secondary N) is 1. The fourth-order valence-corrected chi connectivity index (χ4v) is 3.95. The predicted molar refractivity (Wildman–Crippen MR) is 110 cm³/mol. The van der Waals surface area contributed by atoms with Crippen molar-refractivity contribution in [3.05, 3.63) is 94.8 Å². The SMILES string of the molecule is O=C(NC(Cc1c(F)cc(F)cc1F)C(=O)O)OCC1c2ccccc2-c2ccccc21. The molecule has 0 heterocycles. The summed E-state index contributed by atoms with van der Waals surface area (Å²) < 4.78 is 46.1. The zero-order valence-corrected chi connectivity index (χ0v) is 16.6. The number of hydrogen-bond donors (Lipinski definition) is 2. The van der Waals surface area contributed by atoms with Crippen molar-refractivity contribution in [3.8, 4) is 11.1 Å². The second kappa shape index (κ2) is 8.74. The molecule has 1 aliphatic carbocycles. The molecule has 0 saturated carbocycles. The largest absolute Gasteiger partial charge is 0.480 e. The van der Waals surface area contributed by atoms with Gasteiger partial charge in [-0.25, -0.2) is 22.8 Å². The monoisotopic (exact) mass is 441 g/mol. The molecule has 0 aliphatic heterocycles. The molecule has 0 radical (unpaired) electrons. The number of carbonyl (C=O) groups excluding carboxylic acids is 1. The Balaban J connectivity index is 1.46. The zero-order chi connectivity index (χ0) is 22.8. The normalized spacial score (nSPS) is 13.2. The number of halogens is 3. The van der Waals surface area contributed by atoms with Crippen LogP contribution in [-0.4, -0.2) is 29.8 Å². The van der Waals surface area contributed by atoms with Crippen LogP contribution in [0.1, 0.15) is 22.6 Å². The predicted octanol–water partition coefficient (Wildman–Crippen LogP) is 4.64. The van der Waals surface area contributed by atoms with Crippen LogP contribution >= 0.6 is 0 Å². The molecule has 164 valence electrons. The topological polar surface area (TPSA) is 75.6 Å². The molecular weight excluding hydrogens is 423 g/mol. The number of carboxylic acids is 1. The molecule has 8 heteroatoms. The summed E-state index contributed by atoms with van der Waals surface area (Å²) in [6, 6.07) is 14.6. The van der Waals surface area contributed by atoms with Crippen LogP contribution in [0.3, 0.4) is 0 Å². The molecule has 1 atom stereocenters. The van der Waals surface area contributed by atoms with E-state index in [1.54, 1.807) is 0 Å². The molecule has 32 heavy (non-hydrogen) atoms. The molecule has 4 rings (SSSR count). The highest BCUT2D eigenvalue weighted by atomic mass is 19.1. The van der Waals surface area contributed by atoms with E-state index in [4.69, 9.17) is 4.74 Å². The molecule has 3 aromatic carbocycles. The van der Waals surface area contributed by atoms with Crippen molar-refractivity contribution < 1.29 is 32.6 Å². The Hall–Kier alpha value is -3.81. The summed E-state index contributed by atoms with van der Waals surface area (Å²) in [6.07, 6.45) is -1.75. The van der Waals surface area contributed by atoms with Gasteiger partial charge < -0.3 is 15.2 Å². The first-order valence-corrected chi connectivity index (χ1v) is 9.83. The van der Waals surface area contributed by atoms with Gasteiger partial charge in [0.05, 0.1) is 0 Å². The summed E-state index contributed by atoms with van der Waals surface area (Å²) in [5.41, 5.74) is 3.38. The third kappa shape index (κ3) is 4.16. The highest BCUT2D eigenvalue weighted by molar-refractivity contribution is 5.81. The van der Waals surface area contributed by atoms with Gasteiger partial charge in [-0.3, -0.25) is 0 Å². The molecule has 3 aromatic rings. The minimum Gasteiger partial charge on any atom is -0.480 e. The third-order valence-electron chi connectivity index (χ3n) is 5.45. The number of carboxylic acid groups (broad SMARTS) is 1. The van der Waals surface area contributed by atoms with Crippen LogP contribution in [0, 0.1) is 17.5 Å². The van der Waals surface area contributed by atoms with Crippen molar-refractivity contribution in [2.24, 2.45) is 0 Å². The lowest BCUT2D eigenvalue weighted by atomic mass is 9.98. The second-order valence-electron chi connectivity index (χ2n) is 7.41. The van der Waals surface area contributed by atoms with E-state index >= 15 is 0 Å². The minimum atomic E-state index is -1.67. The molecule has 0 bridgehead atoms. The lowest BCUT2D eigenvalue weighted by Crippen LogP contribution is -2.43. The molecule has 0 saturated heterocycles. The van der Waals surface area contributed by atoms with Crippen LogP contribution in [-0.2, 0) is 16.0 Å². The second-order valence-corrected chi connectivity index (χ2v) is 7.41. The first kappa shape index (κ1) is 21.4. The molecule has 0 spiro atoms. The van der Waals surface area contributed by atoms with Crippen molar-refractivity contribution in [1.29, 1.82) is 0 Å². The van der Waals surface area contributed by atoms with Crippen LogP contribution in [0.15, 0.2) is 60.7 Å². The maximum absolute atomic E-state index is 13.9. The highest BCUT2D eigenvalue weighted by Gasteiger charge is 2.30. The van der Waals surface area contributed by atoms with Gasteiger partial charge in [0.1, 0.15) is 30.1 Å². The van der Waals surface area contributed by atoms with E-state index in [0.29, 0.717) is 12.1 Å². The highest BCUT2D eigenvalue weighted by Crippen LogP contribution is 2.44. The molecule has 0 fully saturated rings. The van der Waals surface area contributed by atoms with E-state index < -0.39 is 47.5 Å². The summed E-state index contributed by atoms with van der Waals surface area (Å²) in [7, 11) is 0. The number of alkyl carbamates (subject to hydrolysis) is 1. The van der Waals surface area contributed by atoms with Crippen LogP contribution < -0.4 is 5.32 Å². The van der Waals surface area contributed by atoms with E-state index in [0.717, 1.165) is 22.3 Å². The molecule has 1 unspecified atom stereocenters. The number of rotatable bonds is 6. The van der Waals surface area contributed by atoms with Crippen molar-refractivity contribution >= 4 is 12.1 Å². The lowest BCUT2D eigenvalue weighted by Gasteiger charge is -2.18. The molecule has 0 aromatic heterocycles. The summed E-state index contributed by atoms with van der Waals surface area (Å²) in [5.74, 6) is -5.34. The van der Waals surface area contributed by atoms with Crippen LogP contribution in [0.4, 0.5) is 18.0 Å². The van der Waals surface area contributed by atoms with Gasteiger partial charge in [0.25, 0.3) is 0 Å². The van der Waals surface area contributed by atoms with Gasteiger partial charge in [-0.1, -0.05) is 48.5 Å². The first-order valence-electron chi connectivity index (χ1n) is 9.83. The minimum absolute atomic E-state index is 0.0501. The number of benzene rings is 3. The van der Waals surface area contributed by atoms with Crippen molar-refractivity contribution in [1.82, 2.24) is 5.32 Å². The van der Waals surface area contributed by atoms with Crippen LogP contribution in [0.25, 0.3) is 11.1 Å². The van der Waals surface area contributed by atoms with Crippen LogP contribution in [0.2, 0.25) is 0 Å². The number of fused-ring (bicyclic) bond motifs is 3. The Morgan fingerprint density at radius 3 is 2.00 bits per heavy atom. The number of carbonyl (C=O) groups is 2. The van der Waals surface area contributed by atoms with Gasteiger partial charge in [-0.05, 0) is 22.3 Å². The van der Waals surface area contributed by atoms with Gasteiger partial charge in [0.2, 0.25) is 0 Å². The number of hydrogen-bond acceptors (Lipinski definition) is 3. The van der Waals surface area contributed by atoms with E-state index in [2.05, 4.69) is 5.32 Å². The van der Waals surface area contributed by atoms with E-state index in [9.17, 15) is 27.9 Å².